The fraction of sp³-hybridized carbons (Fsp3) is 0.353. The number of nitrogens with two attached hydrogens (primary N) is 1. The van der Waals surface area contributed by atoms with Gasteiger partial charge in [0.25, 0.3) is 0 Å². The third kappa shape index (κ3) is 4.76. The van der Waals surface area contributed by atoms with Crippen molar-refractivity contribution in [3.8, 4) is 0 Å². The molecule has 8 heteroatoms. The molecule has 0 atom stereocenters. The van der Waals surface area contributed by atoms with Crippen molar-refractivity contribution in [3.05, 3.63) is 59.6 Å². The van der Waals surface area contributed by atoms with Crippen molar-refractivity contribution < 1.29 is 13.2 Å². The van der Waals surface area contributed by atoms with Crippen LogP contribution in [0.1, 0.15) is 36.5 Å². The zero-order valence-corrected chi connectivity index (χ0v) is 14.1. The van der Waals surface area contributed by atoms with Crippen molar-refractivity contribution in [2.24, 2.45) is 5.73 Å². The van der Waals surface area contributed by atoms with Crippen LogP contribution in [-0.4, -0.2) is 32.9 Å². The number of rotatable bonds is 6. The average Bonchev–Trinajstić information content (AvgIpc) is 2.61. The Hall–Kier alpha value is -2.48. The molecular weight excluding hydrogens is 331 g/mol. The van der Waals surface area contributed by atoms with E-state index in [1.807, 2.05) is 0 Å². The van der Waals surface area contributed by atoms with Gasteiger partial charge in [-0.3, -0.25) is 9.88 Å². The number of hydrogen-bond donors (Lipinski definition) is 1. The summed E-state index contributed by atoms with van der Waals surface area (Å²) in [6.45, 7) is 6.65. The molecule has 0 bridgehead atoms. The Kier molecular flexibility index (Phi) is 6.08. The molecule has 0 aliphatic carbocycles. The van der Waals surface area contributed by atoms with Crippen LogP contribution in [-0.2, 0) is 12.7 Å². The highest BCUT2D eigenvalue weighted by Crippen LogP contribution is 2.30. The molecule has 0 spiro atoms. The van der Waals surface area contributed by atoms with Crippen molar-refractivity contribution in [1.29, 1.82) is 0 Å². The van der Waals surface area contributed by atoms with Gasteiger partial charge >= 0.3 is 6.18 Å². The fourth-order valence-corrected chi connectivity index (χ4v) is 2.33. The summed E-state index contributed by atoms with van der Waals surface area (Å²) in [5.74, 6) is 0.269. The van der Waals surface area contributed by atoms with Gasteiger partial charge in [-0.15, -0.1) is 0 Å². The van der Waals surface area contributed by atoms with Gasteiger partial charge in [-0.1, -0.05) is 13.8 Å². The molecule has 2 aromatic heterocycles. The molecule has 0 saturated carbocycles. The van der Waals surface area contributed by atoms with Gasteiger partial charge in [0.05, 0.1) is 0 Å². The van der Waals surface area contributed by atoms with E-state index in [4.69, 9.17) is 5.73 Å². The van der Waals surface area contributed by atoms with Gasteiger partial charge in [-0.25, -0.2) is 9.97 Å². The molecule has 2 aromatic rings. The topological polar surface area (TPSA) is 67.9 Å². The van der Waals surface area contributed by atoms with Crippen LogP contribution in [0, 0.1) is 0 Å². The fourth-order valence-electron chi connectivity index (χ4n) is 2.33. The second-order valence-electron chi connectivity index (χ2n) is 5.38. The molecule has 134 valence electrons. The lowest BCUT2D eigenvalue weighted by Gasteiger charge is -2.17. The molecule has 5 nitrogen and oxygen atoms in total. The van der Waals surface area contributed by atoms with Gasteiger partial charge in [0, 0.05) is 42.5 Å². The van der Waals surface area contributed by atoms with E-state index in [1.165, 1.54) is 12.3 Å². The van der Waals surface area contributed by atoms with Gasteiger partial charge in [0.1, 0.15) is 5.69 Å². The first kappa shape index (κ1) is 18.9. The van der Waals surface area contributed by atoms with Gasteiger partial charge in [0.2, 0.25) is 0 Å². The van der Waals surface area contributed by atoms with Crippen LogP contribution < -0.4 is 5.73 Å². The summed E-state index contributed by atoms with van der Waals surface area (Å²) in [5, 5.41) is 0. The van der Waals surface area contributed by atoms with Crippen LogP contribution in [0.4, 0.5) is 13.2 Å². The maximum atomic E-state index is 12.8. The first-order valence-corrected chi connectivity index (χ1v) is 7.88. The minimum Gasteiger partial charge on any atom is -0.404 e. The predicted molar refractivity (Wildman–Crippen MR) is 89.2 cm³/mol. The Morgan fingerprint density at radius 1 is 1.16 bits per heavy atom. The molecule has 0 aliphatic heterocycles. The van der Waals surface area contributed by atoms with Crippen molar-refractivity contribution in [1.82, 2.24) is 19.9 Å². The summed E-state index contributed by atoms with van der Waals surface area (Å²) < 4.78 is 38.5. The Labute approximate surface area is 144 Å². The molecule has 0 fully saturated rings. The smallest absolute Gasteiger partial charge is 0.404 e. The molecule has 2 rings (SSSR count). The maximum absolute atomic E-state index is 12.8. The number of halogens is 3. The monoisotopic (exact) mass is 351 g/mol. The molecule has 0 radical (unpaired) electrons. The van der Waals surface area contributed by atoms with Crippen LogP contribution in [0.25, 0.3) is 5.57 Å². The van der Waals surface area contributed by atoms with E-state index < -0.39 is 11.9 Å². The van der Waals surface area contributed by atoms with E-state index in [2.05, 4.69) is 33.7 Å². The number of aromatic nitrogens is 3. The van der Waals surface area contributed by atoms with E-state index in [0.717, 1.165) is 30.9 Å². The summed E-state index contributed by atoms with van der Waals surface area (Å²) in [4.78, 5) is 14.1. The summed E-state index contributed by atoms with van der Waals surface area (Å²) >= 11 is 0. The van der Waals surface area contributed by atoms with Crippen LogP contribution >= 0.6 is 0 Å². The molecule has 2 N–H and O–H groups in total. The minimum atomic E-state index is -4.52. The Balaban J connectivity index is 2.27. The molecule has 0 saturated heterocycles. The second kappa shape index (κ2) is 8.06. The van der Waals surface area contributed by atoms with Crippen molar-refractivity contribution >= 4 is 5.57 Å². The lowest BCUT2D eigenvalue weighted by molar-refractivity contribution is -0.141. The molecule has 0 aromatic carbocycles. The zero-order valence-electron chi connectivity index (χ0n) is 14.1. The third-order valence-electron chi connectivity index (χ3n) is 3.77. The Morgan fingerprint density at radius 2 is 1.80 bits per heavy atom. The molecule has 2 heterocycles. The van der Waals surface area contributed by atoms with Crippen molar-refractivity contribution in [2.45, 2.75) is 26.6 Å². The lowest BCUT2D eigenvalue weighted by Crippen LogP contribution is -2.22. The first-order valence-electron chi connectivity index (χ1n) is 7.88. The summed E-state index contributed by atoms with van der Waals surface area (Å²) in [7, 11) is 0. The summed E-state index contributed by atoms with van der Waals surface area (Å²) in [6, 6.07) is 2.38. The maximum Gasteiger partial charge on any atom is 0.433 e. The highest BCUT2D eigenvalue weighted by atomic mass is 19.4. The molecule has 25 heavy (non-hydrogen) atoms. The number of nitrogens with zero attached hydrogens (tertiary/aromatic N) is 4. The normalized spacial score (nSPS) is 12.6. The largest absolute Gasteiger partial charge is 0.433 e. The van der Waals surface area contributed by atoms with Gasteiger partial charge in [-0.05, 0) is 30.8 Å². The SMILES string of the molecule is CCN(CC)Cc1cnc(/C(=C\N)c2ccnc(C(F)(F)F)c2)nc1. The third-order valence-corrected chi connectivity index (χ3v) is 3.77. The number of hydrogen-bond acceptors (Lipinski definition) is 5. The van der Waals surface area contributed by atoms with Crippen LogP contribution in [0.15, 0.2) is 36.9 Å². The summed E-state index contributed by atoms with van der Waals surface area (Å²) in [6.07, 6.45) is 1.10. The molecular formula is C17H20F3N5. The van der Waals surface area contributed by atoms with Crippen LogP contribution in [0.2, 0.25) is 0 Å². The highest BCUT2D eigenvalue weighted by Gasteiger charge is 2.32. The second-order valence-corrected chi connectivity index (χ2v) is 5.38. The minimum absolute atomic E-state index is 0.265. The lowest BCUT2D eigenvalue weighted by atomic mass is 10.1. The van der Waals surface area contributed by atoms with E-state index in [0.29, 0.717) is 12.1 Å². The van der Waals surface area contributed by atoms with Crippen molar-refractivity contribution in [2.75, 3.05) is 13.1 Å². The Morgan fingerprint density at radius 3 is 2.32 bits per heavy atom. The quantitative estimate of drug-likeness (QED) is 0.866. The van der Waals surface area contributed by atoms with Crippen molar-refractivity contribution in [3.63, 3.8) is 0 Å². The van der Waals surface area contributed by atoms with Crippen LogP contribution in [0.5, 0.6) is 0 Å². The van der Waals surface area contributed by atoms with Crippen LogP contribution in [0.3, 0.4) is 0 Å². The van der Waals surface area contributed by atoms with Gasteiger partial charge in [0.15, 0.2) is 5.82 Å². The van der Waals surface area contributed by atoms with Gasteiger partial charge < -0.3 is 5.73 Å². The average molecular weight is 351 g/mol. The Bertz CT molecular complexity index is 722. The molecule has 0 amide bonds. The van der Waals surface area contributed by atoms with E-state index in [1.54, 1.807) is 12.4 Å². The first-order chi connectivity index (χ1) is 11.9. The van der Waals surface area contributed by atoms with E-state index >= 15 is 0 Å². The highest BCUT2D eigenvalue weighted by molar-refractivity contribution is 5.75. The van der Waals surface area contributed by atoms with E-state index in [9.17, 15) is 13.2 Å². The van der Waals surface area contributed by atoms with Gasteiger partial charge in [-0.2, -0.15) is 13.2 Å². The molecule has 0 aliphatic rings. The predicted octanol–water partition coefficient (Wildman–Crippen LogP) is 3.08. The standard InChI is InChI=1S/C17H20F3N5/c1-3-25(4-2)11-12-9-23-16(24-10-12)14(8-21)13-5-6-22-15(7-13)17(18,19)20/h5-10H,3-4,11,21H2,1-2H3/b14-8-. The molecule has 0 unspecified atom stereocenters. The number of pyridine rings is 1. The zero-order chi connectivity index (χ0) is 18.4. The summed E-state index contributed by atoms with van der Waals surface area (Å²) in [5.41, 5.74) is 6.13. The number of alkyl halides is 3. The van der Waals surface area contributed by atoms with E-state index in [-0.39, 0.29) is 11.4 Å².